The second kappa shape index (κ2) is 6.11. The summed E-state index contributed by atoms with van der Waals surface area (Å²) in [6.07, 6.45) is -2.71. The third kappa shape index (κ3) is 3.53. The number of hydrogen-bond donors (Lipinski definition) is 2. The molecule has 0 aliphatic heterocycles. The minimum Gasteiger partial charge on any atom is -0.497 e. The maximum atomic E-state index is 10.6. The van der Waals surface area contributed by atoms with E-state index in [1.165, 1.54) is 14.2 Å². The van der Waals surface area contributed by atoms with Gasteiger partial charge in [0.2, 0.25) is 0 Å². The molecule has 0 bridgehead atoms. The van der Waals surface area contributed by atoms with Crippen molar-refractivity contribution in [3.05, 3.63) is 23.8 Å². The predicted octanol–water partition coefficient (Wildman–Crippen LogP) is 1.22. The van der Waals surface area contributed by atoms with Crippen LogP contribution in [0.15, 0.2) is 18.2 Å². The van der Waals surface area contributed by atoms with E-state index >= 15 is 0 Å². The minimum absolute atomic E-state index is 0.514. The minimum atomic E-state index is -1.01. The van der Waals surface area contributed by atoms with Crippen LogP contribution in [-0.2, 0) is 4.74 Å². The van der Waals surface area contributed by atoms with Crippen molar-refractivity contribution in [3.8, 4) is 11.5 Å². The van der Waals surface area contributed by atoms with Crippen molar-refractivity contribution in [2.24, 2.45) is 5.73 Å². The fourth-order valence-electron chi connectivity index (χ4n) is 1.52. The maximum absolute atomic E-state index is 10.6. The predicted molar refractivity (Wildman–Crippen MR) is 64.6 cm³/mol. The summed E-state index contributed by atoms with van der Waals surface area (Å²) in [5, 5.41) is 10.0. The lowest BCUT2D eigenvalue weighted by molar-refractivity contribution is 0.0156. The van der Waals surface area contributed by atoms with Gasteiger partial charge >= 0.3 is 6.09 Å². The summed E-state index contributed by atoms with van der Waals surface area (Å²) >= 11 is 0. The van der Waals surface area contributed by atoms with Crippen LogP contribution in [-0.4, -0.2) is 31.5 Å². The highest BCUT2D eigenvalue weighted by Gasteiger charge is 2.20. The van der Waals surface area contributed by atoms with Gasteiger partial charge in [-0.25, -0.2) is 4.79 Å². The first-order valence-corrected chi connectivity index (χ1v) is 5.35. The molecule has 0 saturated heterocycles. The largest absolute Gasteiger partial charge is 0.497 e. The molecule has 0 aliphatic rings. The Morgan fingerprint density at radius 1 is 1.22 bits per heavy atom. The summed E-state index contributed by atoms with van der Waals surface area (Å²) < 4.78 is 14.9. The van der Waals surface area contributed by atoms with E-state index in [1.807, 2.05) is 0 Å². The highest BCUT2D eigenvalue weighted by atomic mass is 16.6. The number of nitrogens with two attached hydrogens (primary N) is 1. The number of ether oxygens (including phenoxy) is 3. The number of methoxy groups -OCH3 is 2. The molecule has 18 heavy (non-hydrogen) atoms. The molecular formula is C12H17NO5. The lowest BCUT2D eigenvalue weighted by Crippen LogP contribution is -2.25. The fourth-order valence-corrected chi connectivity index (χ4v) is 1.52. The normalized spacial score (nSPS) is 13.6. The monoisotopic (exact) mass is 255 g/mol. The van der Waals surface area contributed by atoms with E-state index < -0.39 is 18.3 Å². The van der Waals surface area contributed by atoms with Crippen LogP contribution in [0.2, 0.25) is 0 Å². The van der Waals surface area contributed by atoms with E-state index in [1.54, 1.807) is 25.1 Å². The van der Waals surface area contributed by atoms with Crippen LogP contribution in [0.4, 0.5) is 4.79 Å². The number of carbonyl (C=O) groups excluding carboxylic acids is 1. The maximum Gasteiger partial charge on any atom is 0.404 e. The molecular weight excluding hydrogens is 238 g/mol. The first-order valence-electron chi connectivity index (χ1n) is 5.35. The number of aliphatic hydroxyl groups excluding tert-OH is 1. The average Bonchev–Trinajstić information content (AvgIpc) is 2.36. The Kier molecular flexibility index (Phi) is 4.79. The summed E-state index contributed by atoms with van der Waals surface area (Å²) in [7, 11) is 3.02. The number of hydrogen-bond acceptors (Lipinski definition) is 5. The van der Waals surface area contributed by atoms with Gasteiger partial charge in [0.05, 0.1) is 14.2 Å². The van der Waals surface area contributed by atoms with Crippen molar-refractivity contribution in [2.75, 3.05) is 14.2 Å². The van der Waals surface area contributed by atoms with Crippen LogP contribution in [0.1, 0.15) is 18.6 Å². The molecule has 3 N–H and O–H groups in total. The van der Waals surface area contributed by atoms with Gasteiger partial charge in [0, 0.05) is 6.07 Å². The molecule has 0 spiro atoms. The number of carbonyl (C=O) groups is 1. The van der Waals surface area contributed by atoms with E-state index in [0.29, 0.717) is 17.1 Å². The fraction of sp³-hybridized carbons (Fsp3) is 0.417. The summed E-state index contributed by atoms with van der Waals surface area (Å²) in [5.74, 6) is 1.07. The van der Waals surface area contributed by atoms with Crippen LogP contribution in [0.25, 0.3) is 0 Å². The molecule has 0 fully saturated rings. The van der Waals surface area contributed by atoms with Crippen LogP contribution in [0, 0.1) is 0 Å². The molecule has 0 aliphatic carbocycles. The van der Waals surface area contributed by atoms with Crippen molar-refractivity contribution < 1.29 is 24.1 Å². The molecule has 100 valence electrons. The summed E-state index contributed by atoms with van der Waals surface area (Å²) in [4.78, 5) is 10.6. The Hall–Kier alpha value is -1.95. The molecule has 1 aromatic rings. The Balaban J connectivity index is 2.96. The molecule has 1 amide bonds. The van der Waals surface area contributed by atoms with Gasteiger partial charge in [0.15, 0.2) is 0 Å². The van der Waals surface area contributed by atoms with Gasteiger partial charge in [-0.3, -0.25) is 0 Å². The van der Waals surface area contributed by atoms with Crippen LogP contribution < -0.4 is 15.2 Å². The van der Waals surface area contributed by atoms with E-state index in [2.05, 4.69) is 0 Å². The van der Waals surface area contributed by atoms with E-state index in [0.717, 1.165) is 0 Å². The topological polar surface area (TPSA) is 91.0 Å². The lowest BCUT2D eigenvalue weighted by atomic mass is 10.0. The first kappa shape index (κ1) is 14.1. The van der Waals surface area contributed by atoms with Gasteiger partial charge in [-0.15, -0.1) is 0 Å². The van der Waals surface area contributed by atoms with Gasteiger partial charge < -0.3 is 25.1 Å². The number of primary amides is 1. The van der Waals surface area contributed by atoms with Crippen LogP contribution in [0.5, 0.6) is 11.5 Å². The molecule has 0 unspecified atom stereocenters. The van der Waals surface area contributed by atoms with Crippen molar-refractivity contribution in [3.63, 3.8) is 0 Å². The number of rotatable bonds is 5. The second-order valence-electron chi connectivity index (χ2n) is 3.73. The molecule has 1 aromatic carbocycles. The van der Waals surface area contributed by atoms with Crippen molar-refractivity contribution in [1.29, 1.82) is 0 Å². The van der Waals surface area contributed by atoms with Gasteiger partial charge in [0.1, 0.15) is 23.7 Å². The van der Waals surface area contributed by atoms with Gasteiger partial charge in [-0.05, 0) is 24.6 Å². The molecule has 0 heterocycles. The van der Waals surface area contributed by atoms with Crippen LogP contribution >= 0.6 is 0 Å². The Morgan fingerprint density at radius 2 is 1.72 bits per heavy atom. The Labute approximate surface area is 105 Å². The standard InChI is InChI=1S/C12H17NO5/c1-7(18-12(13)15)11(14)8-4-9(16-2)6-10(5-8)17-3/h4-7,11,14H,1-3H3,(H2,13,15)/t7-,11+/m0/s1. The highest BCUT2D eigenvalue weighted by Crippen LogP contribution is 2.28. The van der Waals surface area contributed by atoms with Gasteiger partial charge in [0.25, 0.3) is 0 Å². The van der Waals surface area contributed by atoms with Crippen molar-refractivity contribution in [2.45, 2.75) is 19.1 Å². The quantitative estimate of drug-likeness (QED) is 0.825. The molecule has 6 heteroatoms. The highest BCUT2D eigenvalue weighted by molar-refractivity contribution is 5.64. The summed E-state index contributed by atoms with van der Waals surface area (Å²) in [6, 6.07) is 4.94. The van der Waals surface area contributed by atoms with Crippen LogP contribution in [0.3, 0.4) is 0 Å². The SMILES string of the molecule is COc1cc(OC)cc([C@H](O)[C@H](C)OC(N)=O)c1. The number of benzene rings is 1. The summed E-state index contributed by atoms with van der Waals surface area (Å²) in [6.45, 7) is 1.54. The van der Waals surface area contributed by atoms with E-state index in [4.69, 9.17) is 19.9 Å². The lowest BCUT2D eigenvalue weighted by Gasteiger charge is -2.19. The first-order chi connectivity index (χ1) is 8.47. The second-order valence-corrected chi connectivity index (χ2v) is 3.73. The van der Waals surface area contributed by atoms with Gasteiger partial charge in [-0.2, -0.15) is 0 Å². The number of amides is 1. The molecule has 0 aromatic heterocycles. The zero-order chi connectivity index (χ0) is 13.7. The Bertz CT molecular complexity index is 399. The van der Waals surface area contributed by atoms with Crippen molar-refractivity contribution in [1.82, 2.24) is 0 Å². The van der Waals surface area contributed by atoms with E-state index in [-0.39, 0.29) is 0 Å². The third-order valence-electron chi connectivity index (χ3n) is 2.46. The molecule has 1 rings (SSSR count). The zero-order valence-electron chi connectivity index (χ0n) is 10.5. The molecule has 0 radical (unpaired) electrons. The van der Waals surface area contributed by atoms with Crippen molar-refractivity contribution >= 4 is 6.09 Å². The summed E-state index contributed by atoms with van der Waals surface area (Å²) in [5.41, 5.74) is 5.41. The van der Waals surface area contributed by atoms with E-state index in [9.17, 15) is 9.90 Å². The smallest absolute Gasteiger partial charge is 0.404 e. The Morgan fingerprint density at radius 3 is 2.11 bits per heavy atom. The molecule has 2 atom stereocenters. The number of aliphatic hydroxyl groups is 1. The zero-order valence-corrected chi connectivity index (χ0v) is 10.5. The molecule has 0 saturated carbocycles. The average molecular weight is 255 g/mol. The van der Waals surface area contributed by atoms with Gasteiger partial charge in [-0.1, -0.05) is 0 Å². The third-order valence-corrected chi connectivity index (χ3v) is 2.46. The molecule has 6 nitrogen and oxygen atoms in total.